The molecular formula is C9H16N4OS. The third kappa shape index (κ3) is 2.89. The van der Waals surface area contributed by atoms with E-state index in [1.54, 1.807) is 18.8 Å². The Hall–Kier alpha value is -1.17. The highest BCUT2D eigenvalue weighted by Gasteiger charge is 2.15. The molecule has 0 radical (unpaired) electrons. The molecule has 0 saturated heterocycles. The molecule has 1 heterocycles. The van der Waals surface area contributed by atoms with Gasteiger partial charge in [0.05, 0.1) is 6.20 Å². The normalized spacial score (nSPS) is 12.5. The van der Waals surface area contributed by atoms with Crippen molar-refractivity contribution in [1.29, 1.82) is 0 Å². The van der Waals surface area contributed by atoms with Gasteiger partial charge < -0.3 is 11.1 Å². The lowest BCUT2D eigenvalue weighted by molar-refractivity contribution is 0.0944. The van der Waals surface area contributed by atoms with Crippen LogP contribution in [0, 0.1) is 0 Å². The predicted octanol–water partition coefficient (Wildman–Crippen LogP) is 0.484. The van der Waals surface area contributed by atoms with Gasteiger partial charge in [-0.2, -0.15) is 16.9 Å². The van der Waals surface area contributed by atoms with E-state index in [2.05, 4.69) is 10.4 Å². The quantitative estimate of drug-likeness (QED) is 0.786. The molecule has 1 amide bonds. The first-order valence-electron chi connectivity index (χ1n) is 4.63. The summed E-state index contributed by atoms with van der Waals surface area (Å²) in [6.45, 7) is 1.96. The number of rotatable bonds is 4. The molecule has 15 heavy (non-hydrogen) atoms. The standard InChI is InChI=1S/C9H16N4OS/c1-6(5-15-3)12-9(14)7-4-11-13(2)8(7)10/h4,6H,5,10H2,1-3H3,(H,12,14). The highest BCUT2D eigenvalue weighted by molar-refractivity contribution is 7.98. The second-order valence-electron chi connectivity index (χ2n) is 3.40. The van der Waals surface area contributed by atoms with E-state index in [4.69, 9.17) is 5.73 Å². The minimum absolute atomic E-state index is 0.132. The van der Waals surface area contributed by atoms with Gasteiger partial charge >= 0.3 is 0 Å². The molecule has 5 nitrogen and oxygen atoms in total. The number of amides is 1. The van der Waals surface area contributed by atoms with Crippen molar-refractivity contribution in [1.82, 2.24) is 15.1 Å². The zero-order chi connectivity index (χ0) is 11.4. The zero-order valence-electron chi connectivity index (χ0n) is 9.15. The smallest absolute Gasteiger partial charge is 0.256 e. The number of hydrogen-bond donors (Lipinski definition) is 2. The van der Waals surface area contributed by atoms with Crippen LogP contribution in [0.5, 0.6) is 0 Å². The fourth-order valence-corrected chi connectivity index (χ4v) is 1.80. The molecule has 0 spiro atoms. The van der Waals surface area contributed by atoms with Crippen LogP contribution in [0.15, 0.2) is 6.20 Å². The minimum atomic E-state index is -0.165. The molecule has 3 N–H and O–H groups in total. The topological polar surface area (TPSA) is 72.9 Å². The number of thioether (sulfide) groups is 1. The van der Waals surface area contributed by atoms with Crippen LogP contribution in [0.25, 0.3) is 0 Å². The molecule has 84 valence electrons. The van der Waals surface area contributed by atoms with E-state index >= 15 is 0 Å². The maximum atomic E-state index is 11.7. The first-order chi connectivity index (χ1) is 7.06. The van der Waals surface area contributed by atoms with Crippen LogP contribution in [0.1, 0.15) is 17.3 Å². The lowest BCUT2D eigenvalue weighted by Gasteiger charge is -2.11. The number of aryl methyl sites for hydroxylation is 1. The lowest BCUT2D eigenvalue weighted by atomic mass is 10.3. The third-order valence-corrected chi connectivity index (χ3v) is 2.86. The SMILES string of the molecule is CSCC(C)NC(=O)c1cnn(C)c1N. The Labute approximate surface area is 93.4 Å². The Kier molecular flexibility index (Phi) is 4.02. The maximum Gasteiger partial charge on any atom is 0.256 e. The number of nitrogen functional groups attached to an aromatic ring is 1. The zero-order valence-corrected chi connectivity index (χ0v) is 9.97. The molecule has 0 bridgehead atoms. The molecular weight excluding hydrogens is 212 g/mol. The molecule has 1 aromatic rings. The molecule has 0 aliphatic rings. The summed E-state index contributed by atoms with van der Waals surface area (Å²) in [5.74, 6) is 1.11. The summed E-state index contributed by atoms with van der Waals surface area (Å²) in [6, 6.07) is 0.132. The van der Waals surface area contributed by atoms with Gasteiger partial charge in [-0.05, 0) is 13.2 Å². The average Bonchev–Trinajstić information content (AvgIpc) is 2.48. The van der Waals surface area contributed by atoms with Crippen molar-refractivity contribution in [3.8, 4) is 0 Å². The van der Waals surface area contributed by atoms with Gasteiger partial charge in [0.15, 0.2) is 0 Å². The summed E-state index contributed by atoms with van der Waals surface area (Å²) in [6.07, 6.45) is 3.48. The molecule has 1 unspecified atom stereocenters. The molecule has 1 aromatic heterocycles. The molecule has 0 saturated carbocycles. The third-order valence-electron chi connectivity index (χ3n) is 2.02. The second-order valence-corrected chi connectivity index (χ2v) is 4.31. The van der Waals surface area contributed by atoms with Crippen molar-refractivity contribution in [2.75, 3.05) is 17.7 Å². The molecule has 0 aliphatic carbocycles. The van der Waals surface area contributed by atoms with E-state index in [1.165, 1.54) is 10.9 Å². The van der Waals surface area contributed by atoms with Gasteiger partial charge in [0, 0.05) is 18.8 Å². The number of nitrogens with zero attached hydrogens (tertiary/aromatic N) is 2. The maximum absolute atomic E-state index is 11.7. The first-order valence-corrected chi connectivity index (χ1v) is 6.03. The van der Waals surface area contributed by atoms with Crippen LogP contribution in [-0.2, 0) is 7.05 Å². The Bertz CT molecular complexity index is 350. The summed E-state index contributed by atoms with van der Waals surface area (Å²) in [4.78, 5) is 11.7. The summed E-state index contributed by atoms with van der Waals surface area (Å²) in [5, 5.41) is 6.77. The number of nitrogens with two attached hydrogens (primary N) is 1. The van der Waals surface area contributed by atoms with Gasteiger partial charge in [0.1, 0.15) is 11.4 Å². The van der Waals surface area contributed by atoms with Gasteiger partial charge in [-0.25, -0.2) is 0 Å². The molecule has 1 rings (SSSR count). The van der Waals surface area contributed by atoms with Gasteiger partial charge in [-0.1, -0.05) is 0 Å². The first kappa shape index (κ1) is 11.9. The van der Waals surface area contributed by atoms with Crippen molar-refractivity contribution >= 4 is 23.5 Å². The number of aromatic nitrogens is 2. The van der Waals surface area contributed by atoms with Crippen molar-refractivity contribution in [3.05, 3.63) is 11.8 Å². The number of carbonyl (C=O) groups is 1. The van der Waals surface area contributed by atoms with E-state index in [0.29, 0.717) is 11.4 Å². The van der Waals surface area contributed by atoms with Gasteiger partial charge in [0.2, 0.25) is 0 Å². The van der Waals surface area contributed by atoms with E-state index in [1.807, 2.05) is 13.2 Å². The summed E-state index contributed by atoms with van der Waals surface area (Å²) >= 11 is 1.69. The molecule has 1 atom stereocenters. The number of carbonyl (C=O) groups excluding carboxylic acids is 1. The van der Waals surface area contributed by atoms with Gasteiger partial charge in [0.25, 0.3) is 5.91 Å². The second kappa shape index (κ2) is 5.06. The van der Waals surface area contributed by atoms with Crippen molar-refractivity contribution in [2.24, 2.45) is 7.05 Å². The van der Waals surface area contributed by atoms with Gasteiger partial charge in [-0.15, -0.1) is 0 Å². The predicted molar refractivity (Wildman–Crippen MR) is 62.9 cm³/mol. The Morgan fingerprint density at radius 3 is 2.93 bits per heavy atom. The molecule has 0 fully saturated rings. The Balaban J connectivity index is 2.65. The summed E-state index contributed by atoms with van der Waals surface area (Å²) in [7, 11) is 1.71. The van der Waals surface area contributed by atoms with Crippen LogP contribution in [0.2, 0.25) is 0 Å². The van der Waals surface area contributed by atoms with E-state index in [0.717, 1.165) is 5.75 Å². The monoisotopic (exact) mass is 228 g/mol. The molecule has 6 heteroatoms. The van der Waals surface area contributed by atoms with Crippen molar-refractivity contribution < 1.29 is 4.79 Å². The van der Waals surface area contributed by atoms with Crippen molar-refractivity contribution in [2.45, 2.75) is 13.0 Å². The lowest BCUT2D eigenvalue weighted by Crippen LogP contribution is -2.34. The van der Waals surface area contributed by atoms with Crippen LogP contribution in [0.3, 0.4) is 0 Å². The fraction of sp³-hybridized carbons (Fsp3) is 0.556. The number of anilines is 1. The van der Waals surface area contributed by atoms with E-state index in [9.17, 15) is 4.79 Å². The van der Waals surface area contributed by atoms with E-state index < -0.39 is 0 Å². The highest BCUT2D eigenvalue weighted by atomic mass is 32.2. The van der Waals surface area contributed by atoms with Crippen LogP contribution in [-0.4, -0.2) is 33.7 Å². The Morgan fingerprint density at radius 2 is 2.47 bits per heavy atom. The summed E-state index contributed by atoms with van der Waals surface area (Å²) < 4.78 is 1.48. The van der Waals surface area contributed by atoms with Gasteiger partial charge in [-0.3, -0.25) is 9.48 Å². The minimum Gasteiger partial charge on any atom is -0.383 e. The highest BCUT2D eigenvalue weighted by Crippen LogP contribution is 2.09. The summed E-state index contributed by atoms with van der Waals surface area (Å²) in [5.41, 5.74) is 6.12. The largest absolute Gasteiger partial charge is 0.383 e. The van der Waals surface area contributed by atoms with Crippen LogP contribution >= 0.6 is 11.8 Å². The molecule has 0 aliphatic heterocycles. The van der Waals surface area contributed by atoms with Crippen LogP contribution in [0.4, 0.5) is 5.82 Å². The van der Waals surface area contributed by atoms with E-state index in [-0.39, 0.29) is 11.9 Å². The number of hydrogen-bond acceptors (Lipinski definition) is 4. The van der Waals surface area contributed by atoms with Crippen molar-refractivity contribution in [3.63, 3.8) is 0 Å². The Morgan fingerprint density at radius 1 is 1.80 bits per heavy atom. The van der Waals surface area contributed by atoms with Crippen LogP contribution < -0.4 is 11.1 Å². The fourth-order valence-electron chi connectivity index (χ4n) is 1.22. The molecule has 0 aromatic carbocycles. The average molecular weight is 228 g/mol. The number of nitrogens with one attached hydrogen (secondary N) is 1.